The second-order valence-corrected chi connectivity index (χ2v) is 8.29. The second-order valence-electron chi connectivity index (χ2n) is 5.26. The zero-order valence-corrected chi connectivity index (χ0v) is 14.4. The molecular formula is C12H17BrClNO3S. The molecule has 0 aliphatic rings. The Morgan fingerprint density at radius 2 is 1.95 bits per heavy atom. The Balaban J connectivity index is 3.29. The fraction of sp³-hybridized carbons (Fsp3) is 0.500. The van der Waals surface area contributed by atoms with Gasteiger partial charge in [0.25, 0.3) is 10.0 Å². The minimum atomic E-state index is -3.81. The highest BCUT2D eigenvalue weighted by Gasteiger charge is 2.32. The van der Waals surface area contributed by atoms with Gasteiger partial charge in [-0.25, -0.2) is 8.42 Å². The third-order valence-corrected chi connectivity index (χ3v) is 5.37. The van der Waals surface area contributed by atoms with Crippen LogP contribution in [0.1, 0.15) is 20.8 Å². The lowest BCUT2D eigenvalue weighted by Gasteiger charge is -2.27. The van der Waals surface area contributed by atoms with E-state index in [1.807, 2.05) is 20.8 Å². The number of hydrogen-bond donors (Lipinski definition) is 0. The van der Waals surface area contributed by atoms with E-state index < -0.39 is 10.0 Å². The zero-order valence-electron chi connectivity index (χ0n) is 11.3. The Kier molecular flexibility index (Phi) is 5.43. The summed E-state index contributed by atoms with van der Waals surface area (Å²) in [5, 5.41) is 0.158. The molecule has 0 aliphatic heterocycles. The number of benzene rings is 1. The summed E-state index contributed by atoms with van der Waals surface area (Å²) in [6.45, 7) is 6.01. The molecule has 0 bridgehead atoms. The summed E-state index contributed by atoms with van der Waals surface area (Å²) < 4.78 is 26.5. The first-order chi connectivity index (χ1) is 8.59. The van der Waals surface area contributed by atoms with Gasteiger partial charge in [0.1, 0.15) is 4.90 Å². The van der Waals surface area contributed by atoms with Crippen molar-refractivity contribution in [1.29, 1.82) is 0 Å². The highest BCUT2D eigenvalue weighted by atomic mass is 79.9. The minimum absolute atomic E-state index is 0.0165. The Morgan fingerprint density at radius 3 is 2.37 bits per heavy atom. The number of halogens is 2. The van der Waals surface area contributed by atoms with E-state index in [0.29, 0.717) is 4.47 Å². The molecule has 0 unspecified atom stereocenters. The molecule has 0 aromatic heterocycles. The Bertz CT molecular complexity index is 534. The Labute approximate surface area is 127 Å². The molecule has 4 nitrogen and oxygen atoms in total. The molecule has 108 valence electrons. The number of nitrogens with zero attached hydrogens (tertiary/aromatic N) is 1. The molecule has 0 saturated heterocycles. The van der Waals surface area contributed by atoms with E-state index in [9.17, 15) is 8.42 Å². The van der Waals surface area contributed by atoms with Gasteiger partial charge in [-0.05, 0) is 33.5 Å². The summed E-state index contributed by atoms with van der Waals surface area (Å²) >= 11 is 9.21. The van der Waals surface area contributed by atoms with Gasteiger partial charge in [-0.2, -0.15) is 0 Å². The van der Waals surface area contributed by atoms with E-state index in [1.54, 1.807) is 12.1 Å². The van der Waals surface area contributed by atoms with Crippen LogP contribution in [-0.2, 0) is 14.9 Å². The van der Waals surface area contributed by atoms with Crippen molar-refractivity contribution in [3.63, 3.8) is 0 Å². The van der Waals surface area contributed by atoms with Crippen LogP contribution in [0, 0.1) is 5.41 Å². The molecule has 0 radical (unpaired) electrons. The molecule has 0 fully saturated rings. The molecule has 1 aromatic carbocycles. The lowest BCUT2D eigenvalue weighted by Crippen LogP contribution is -2.37. The van der Waals surface area contributed by atoms with Crippen molar-refractivity contribution in [2.75, 3.05) is 13.7 Å². The van der Waals surface area contributed by atoms with Gasteiger partial charge in [0.15, 0.2) is 0 Å². The number of hydrogen-bond acceptors (Lipinski definition) is 3. The quantitative estimate of drug-likeness (QED) is 0.759. The van der Waals surface area contributed by atoms with Gasteiger partial charge in [-0.1, -0.05) is 42.9 Å². The molecule has 7 heteroatoms. The maximum Gasteiger partial charge on any atom is 0.267 e. The predicted octanol–water partition coefficient (Wildman–Crippen LogP) is 3.70. The van der Waals surface area contributed by atoms with Crippen LogP contribution in [0.15, 0.2) is 27.6 Å². The van der Waals surface area contributed by atoms with Crippen LogP contribution in [-0.4, -0.2) is 26.5 Å². The van der Waals surface area contributed by atoms with Crippen LogP contribution < -0.4 is 0 Å². The van der Waals surface area contributed by atoms with Crippen LogP contribution in [0.4, 0.5) is 0 Å². The summed E-state index contributed by atoms with van der Waals surface area (Å²) in [4.78, 5) is 5.04. The van der Waals surface area contributed by atoms with Crippen molar-refractivity contribution in [3.05, 3.63) is 27.7 Å². The molecule has 0 amide bonds. The fourth-order valence-corrected chi connectivity index (χ4v) is 4.61. The highest BCUT2D eigenvalue weighted by Crippen LogP contribution is 2.33. The van der Waals surface area contributed by atoms with Crippen LogP contribution in [0.2, 0.25) is 5.02 Å². The molecule has 1 aromatic rings. The van der Waals surface area contributed by atoms with Crippen LogP contribution in [0.5, 0.6) is 0 Å². The van der Waals surface area contributed by atoms with Crippen molar-refractivity contribution in [3.8, 4) is 0 Å². The normalized spacial score (nSPS) is 13.0. The molecule has 0 saturated carbocycles. The molecular weight excluding hydrogens is 354 g/mol. The lowest BCUT2D eigenvalue weighted by atomic mass is 9.98. The average molecular weight is 371 g/mol. The Hall–Kier alpha value is -0.140. The van der Waals surface area contributed by atoms with E-state index in [1.165, 1.54) is 13.2 Å². The van der Waals surface area contributed by atoms with E-state index in [2.05, 4.69) is 15.9 Å². The van der Waals surface area contributed by atoms with Gasteiger partial charge in [-0.15, -0.1) is 0 Å². The minimum Gasteiger partial charge on any atom is -0.287 e. The highest BCUT2D eigenvalue weighted by molar-refractivity contribution is 9.10. The summed E-state index contributed by atoms with van der Waals surface area (Å²) in [7, 11) is -2.49. The second kappa shape index (κ2) is 6.10. The maximum absolute atomic E-state index is 12.6. The van der Waals surface area contributed by atoms with Gasteiger partial charge in [0, 0.05) is 11.0 Å². The molecule has 0 atom stereocenters. The summed E-state index contributed by atoms with van der Waals surface area (Å²) in [6.07, 6.45) is 0. The summed E-state index contributed by atoms with van der Waals surface area (Å²) in [6, 6.07) is 4.83. The third-order valence-electron chi connectivity index (χ3n) is 2.25. The van der Waals surface area contributed by atoms with Crippen molar-refractivity contribution in [2.45, 2.75) is 25.7 Å². The smallest absolute Gasteiger partial charge is 0.267 e. The van der Waals surface area contributed by atoms with E-state index in [0.717, 1.165) is 4.47 Å². The number of sulfonamides is 1. The Morgan fingerprint density at radius 1 is 1.37 bits per heavy atom. The fourth-order valence-electron chi connectivity index (χ4n) is 1.47. The van der Waals surface area contributed by atoms with Gasteiger partial charge in [0.2, 0.25) is 0 Å². The van der Waals surface area contributed by atoms with Gasteiger partial charge >= 0.3 is 0 Å². The topological polar surface area (TPSA) is 46.6 Å². The van der Waals surface area contributed by atoms with Crippen molar-refractivity contribution in [1.82, 2.24) is 4.47 Å². The molecule has 0 aliphatic carbocycles. The monoisotopic (exact) mass is 369 g/mol. The molecule has 19 heavy (non-hydrogen) atoms. The first-order valence-electron chi connectivity index (χ1n) is 5.60. The number of hydroxylamine groups is 1. The van der Waals surface area contributed by atoms with Crippen molar-refractivity contribution in [2.24, 2.45) is 5.41 Å². The number of rotatable bonds is 4. The van der Waals surface area contributed by atoms with Gasteiger partial charge in [0.05, 0.1) is 12.1 Å². The van der Waals surface area contributed by atoms with Gasteiger partial charge < -0.3 is 0 Å². The molecule has 0 heterocycles. The maximum atomic E-state index is 12.6. The zero-order chi connectivity index (χ0) is 14.8. The van der Waals surface area contributed by atoms with Crippen LogP contribution in [0.25, 0.3) is 0 Å². The van der Waals surface area contributed by atoms with Crippen molar-refractivity contribution >= 4 is 37.6 Å². The van der Waals surface area contributed by atoms with Crippen LogP contribution in [0.3, 0.4) is 0 Å². The SMILES string of the molecule is CON(CC(C)(C)C)S(=O)(=O)c1c(Cl)cccc1Br. The standard InChI is InChI=1S/C12H17BrClNO3S/c1-12(2,3)8-15(18-4)19(16,17)11-9(13)6-5-7-10(11)14/h5-7H,8H2,1-4H3. The molecule has 1 rings (SSSR count). The largest absolute Gasteiger partial charge is 0.287 e. The first-order valence-corrected chi connectivity index (χ1v) is 8.21. The van der Waals surface area contributed by atoms with Crippen LogP contribution >= 0.6 is 27.5 Å². The van der Waals surface area contributed by atoms with E-state index in [4.69, 9.17) is 16.4 Å². The summed E-state index contributed by atoms with van der Waals surface area (Å²) in [5.74, 6) is 0. The molecule has 0 N–H and O–H groups in total. The first kappa shape index (κ1) is 16.9. The third kappa shape index (κ3) is 4.16. The summed E-state index contributed by atoms with van der Waals surface area (Å²) in [5.41, 5.74) is -0.239. The van der Waals surface area contributed by atoms with Gasteiger partial charge in [-0.3, -0.25) is 4.84 Å². The predicted molar refractivity (Wildman–Crippen MR) is 79.5 cm³/mol. The van der Waals surface area contributed by atoms with E-state index in [-0.39, 0.29) is 21.9 Å². The lowest BCUT2D eigenvalue weighted by molar-refractivity contribution is -0.0672. The van der Waals surface area contributed by atoms with Crippen molar-refractivity contribution < 1.29 is 13.3 Å². The molecule has 0 spiro atoms. The van der Waals surface area contributed by atoms with E-state index >= 15 is 0 Å². The average Bonchev–Trinajstić information content (AvgIpc) is 2.23.